The topological polar surface area (TPSA) is 0 Å². The monoisotopic (exact) mass is 196 g/mol. The summed E-state index contributed by atoms with van der Waals surface area (Å²) >= 11 is 0. The van der Waals surface area contributed by atoms with Crippen LogP contribution in [0.4, 0.5) is 0 Å². The zero-order valence-corrected chi connectivity index (χ0v) is 10.5. The first kappa shape index (κ1) is 12.7. The van der Waals surface area contributed by atoms with Gasteiger partial charge in [-0.15, -0.1) is 9.24 Å². The predicted molar refractivity (Wildman–Crippen MR) is 65.8 cm³/mol. The van der Waals surface area contributed by atoms with Gasteiger partial charge >= 0.3 is 0 Å². The van der Waals surface area contributed by atoms with E-state index in [9.17, 15) is 0 Å². The van der Waals surface area contributed by atoms with E-state index in [0.717, 1.165) is 0 Å². The summed E-state index contributed by atoms with van der Waals surface area (Å²) in [6.45, 7) is 10.7. The smallest absolute Gasteiger partial charge is 0.0132 e. The molecule has 1 unspecified atom stereocenters. The Morgan fingerprint density at radius 3 is 1.62 bits per heavy atom. The lowest BCUT2D eigenvalue weighted by atomic mass is 9.87. The van der Waals surface area contributed by atoms with Crippen molar-refractivity contribution < 1.29 is 0 Å². The van der Waals surface area contributed by atoms with Crippen LogP contribution in [0.2, 0.25) is 0 Å². The molecule has 0 nitrogen and oxygen atoms in total. The summed E-state index contributed by atoms with van der Waals surface area (Å²) in [5.41, 5.74) is 1.67. The Labute approximate surface area is 85.0 Å². The molecular weight excluding hydrogens is 175 g/mol. The van der Waals surface area contributed by atoms with Crippen LogP contribution in [-0.4, -0.2) is 0 Å². The summed E-state index contributed by atoms with van der Waals surface area (Å²) in [6, 6.07) is 8.63. The van der Waals surface area contributed by atoms with Crippen molar-refractivity contribution in [3.05, 3.63) is 29.8 Å². The highest BCUT2D eigenvalue weighted by Crippen LogP contribution is 2.20. The second-order valence-corrected chi connectivity index (χ2v) is 4.54. The summed E-state index contributed by atoms with van der Waals surface area (Å²) in [5.74, 6) is 0. The first-order chi connectivity index (χ1) is 6.00. The van der Waals surface area contributed by atoms with E-state index in [1.54, 1.807) is 0 Å². The summed E-state index contributed by atoms with van der Waals surface area (Å²) < 4.78 is 0. The third-order valence-corrected chi connectivity index (χ3v) is 2.16. The van der Waals surface area contributed by atoms with E-state index in [2.05, 4.69) is 54.3 Å². The van der Waals surface area contributed by atoms with Crippen LogP contribution in [0.5, 0.6) is 0 Å². The summed E-state index contributed by atoms with van der Waals surface area (Å²) in [4.78, 5) is 0. The minimum absolute atomic E-state index is 0.276. The molecule has 0 bridgehead atoms. The van der Waals surface area contributed by atoms with Gasteiger partial charge in [0.05, 0.1) is 0 Å². The van der Waals surface area contributed by atoms with Crippen LogP contribution in [0.1, 0.15) is 40.2 Å². The Balaban J connectivity index is 0.000000671. The van der Waals surface area contributed by atoms with E-state index in [0.29, 0.717) is 0 Å². The van der Waals surface area contributed by atoms with Gasteiger partial charge in [-0.25, -0.2) is 0 Å². The maximum absolute atomic E-state index is 2.69. The van der Waals surface area contributed by atoms with Crippen molar-refractivity contribution in [1.82, 2.24) is 0 Å². The van der Waals surface area contributed by atoms with Gasteiger partial charge in [-0.3, -0.25) is 0 Å². The van der Waals surface area contributed by atoms with Gasteiger partial charge in [0.1, 0.15) is 0 Å². The minimum atomic E-state index is 0.276. The molecule has 13 heavy (non-hydrogen) atoms. The number of hydrogen-bond acceptors (Lipinski definition) is 0. The van der Waals surface area contributed by atoms with Gasteiger partial charge in [-0.2, -0.15) is 0 Å². The fraction of sp³-hybridized carbons (Fsp3) is 0.500. The second-order valence-electron chi connectivity index (χ2n) is 3.87. The average molecular weight is 196 g/mol. The lowest BCUT2D eigenvalue weighted by Gasteiger charge is -2.18. The zero-order chi connectivity index (χ0) is 10.5. The van der Waals surface area contributed by atoms with Crippen molar-refractivity contribution in [3.63, 3.8) is 0 Å². The molecule has 0 saturated heterocycles. The van der Waals surface area contributed by atoms with E-state index in [1.807, 2.05) is 13.8 Å². The van der Waals surface area contributed by atoms with Crippen LogP contribution in [0.3, 0.4) is 0 Å². The highest BCUT2D eigenvalue weighted by atomic mass is 31.0. The molecule has 0 amide bonds. The fourth-order valence-electron chi connectivity index (χ4n) is 0.983. The number of hydrogen-bond donors (Lipinski definition) is 0. The van der Waals surface area contributed by atoms with Crippen molar-refractivity contribution in [2.45, 2.75) is 40.0 Å². The van der Waals surface area contributed by atoms with Crippen molar-refractivity contribution in [1.29, 1.82) is 0 Å². The van der Waals surface area contributed by atoms with Crippen molar-refractivity contribution in [2.24, 2.45) is 0 Å². The molecule has 1 rings (SSSR count). The molecule has 0 aromatic heterocycles. The lowest BCUT2D eigenvalue weighted by molar-refractivity contribution is 0.590. The third-order valence-electron chi connectivity index (χ3n) is 1.78. The SMILES string of the molecule is CC.CC(C)(C)c1ccc(P)cc1. The highest BCUT2D eigenvalue weighted by molar-refractivity contribution is 7.27. The van der Waals surface area contributed by atoms with Crippen LogP contribution in [-0.2, 0) is 5.41 Å². The third kappa shape index (κ3) is 4.43. The Bertz CT molecular complexity index is 228. The quantitative estimate of drug-likeness (QED) is 0.557. The number of benzene rings is 1. The molecule has 0 aliphatic carbocycles. The van der Waals surface area contributed by atoms with E-state index in [-0.39, 0.29) is 5.41 Å². The van der Waals surface area contributed by atoms with E-state index in [1.165, 1.54) is 10.9 Å². The Morgan fingerprint density at radius 1 is 0.923 bits per heavy atom. The molecule has 0 fully saturated rings. The summed E-state index contributed by atoms with van der Waals surface area (Å²) in [5, 5.41) is 1.25. The molecular formula is C12H21P. The van der Waals surface area contributed by atoms with Crippen LogP contribution in [0, 0.1) is 0 Å². The Kier molecular flexibility index (Phi) is 5.25. The predicted octanol–water partition coefficient (Wildman–Crippen LogP) is 3.51. The van der Waals surface area contributed by atoms with Gasteiger partial charge in [0.15, 0.2) is 0 Å². The van der Waals surface area contributed by atoms with Crippen molar-refractivity contribution >= 4 is 14.5 Å². The first-order valence-corrected chi connectivity index (χ1v) is 5.44. The maximum Gasteiger partial charge on any atom is -0.0132 e. The first-order valence-electron chi connectivity index (χ1n) is 4.86. The van der Waals surface area contributed by atoms with Crippen LogP contribution in [0.15, 0.2) is 24.3 Å². The Hall–Kier alpha value is -0.350. The van der Waals surface area contributed by atoms with Gasteiger partial charge in [0, 0.05) is 0 Å². The average Bonchev–Trinajstić information content (AvgIpc) is 2.07. The molecule has 0 aliphatic rings. The molecule has 0 radical (unpaired) electrons. The molecule has 1 aromatic rings. The highest BCUT2D eigenvalue weighted by Gasteiger charge is 2.11. The van der Waals surface area contributed by atoms with Crippen LogP contribution < -0.4 is 5.30 Å². The Morgan fingerprint density at radius 2 is 1.31 bits per heavy atom. The molecule has 74 valence electrons. The standard InChI is InChI=1S/C10H15P.C2H6/c1-10(2,3)8-4-6-9(11)7-5-8;1-2/h4-7H,11H2,1-3H3;1-2H3. The van der Waals surface area contributed by atoms with Crippen LogP contribution >= 0.6 is 9.24 Å². The largest absolute Gasteiger partial charge is 0.106 e. The molecule has 1 atom stereocenters. The second kappa shape index (κ2) is 5.40. The van der Waals surface area contributed by atoms with Crippen molar-refractivity contribution in [3.8, 4) is 0 Å². The minimum Gasteiger partial charge on any atom is -0.106 e. The molecule has 0 heterocycles. The molecule has 1 aromatic carbocycles. The van der Waals surface area contributed by atoms with Crippen LogP contribution in [0.25, 0.3) is 0 Å². The number of rotatable bonds is 0. The molecule has 1 heteroatoms. The van der Waals surface area contributed by atoms with Gasteiger partial charge in [-0.05, 0) is 16.3 Å². The van der Waals surface area contributed by atoms with Gasteiger partial charge in [-0.1, -0.05) is 58.9 Å². The summed E-state index contributed by atoms with van der Waals surface area (Å²) in [6.07, 6.45) is 0. The maximum atomic E-state index is 2.69. The van der Waals surface area contributed by atoms with E-state index >= 15 is 0 Å². The normalized spacial score (nSPS) is 10.3. The van der Waals surface area contributed by atoms with Crippen molar-refractivity contribution in [2.75, 3.05) is 0 Å². The molecule has 0 N–H and O–H groups in total. The van der Waals surface area contributed by atoms with Gasteiger partial charge in [0.2, 0.25) is 0 Å². The molecule has 0 saturated carbocycles. The molecule has 0 spiro atoms. The lowest BCUT2D eigenvalue weighted by Crippen LogP contribution is -2.11. The molecule has 0 aliphatic heterocycles. The van der Waals surface area contributed by atoms with Gasteiger partial charge in [0.25, 0.3) is 0 Å². The zero-order valence-electron chi connectivity index (χ0n) is 9.39. The van der Waals surface area contributed by atoms with E-state index < -0.39 is 0 Å². The van der Waals surface area contributed by atoms with E-state index in [4.69, 9.17) is 0 Å². The van der Waals surface area contributed by atoms with Gasteiger partial charge < -0.3 is 0 Å². The summed E-state index contributed by atoms with van der Waals surface area (Å²) in [7, 11) is 2.69. The fourth-order valence-corrected chi connectivity index (χ4v) is 1.18.